The maximum absolute atomic E-state index is 10.8. The summed E-state index contributed by atoms with van der Waals surface area (Å²) in [5.74, 6) is -0.363. The molecule has 0 aromatic carbocycles. The molecule has 1 rings (SSSR count). The summed E-state index contributed by atoms with van der Waals surface area (Å²) in [5.41, 5.74) is 0. The van der Waals surface area contributed by atoms with Gasteiger partial charge in [0.15, 0.2) is 0 Å². The Balaban J connectivity index is 2.62. The molecule has 0 atom stereocenters. The Labute approximate surface area is 59.2 Å². The average Bonchev–Trinajstić information content (AvgIpc) is 1.88. The van der Waals surface area contributed by atoms with Gasteiger partial charge in [-0.2, -0.15) is 0 Å². The lowest BCUT2D eigenvalue weighted by Gasteiger charge is -2.22. The van der Waals surface area contributed by atoms with E-state index < -0.39 is 0 Å². The minimum absolute atomic E-state index is 0.166. The predicted octanol–water partition coefficient (Wildman–Crippen LogP) is -1.02. The molecule has 4 nitrogen and oxygen atoms in total. The summed E-state index contributed by atoms with van der Waals surface area (Å²) >= 11 is 0. The highest BCUT2D eigenvalue weighted by Crippen LogP contribution is 1.95. The summed E-state index contributed by atoms with van der Waals surface area (Å²) in [7, 11) is 0. The van der Waals surface area contributed by atoms with E-state index in [-0.39, 0.29) is 24.9 Å². The lowest BCUT2D eigenvalue weighted by atomic mass is 10.3. The molecule has 0 unspecified atom stereocenters. The second-order valence-electron chi connectivity index (χ2n) is 2.07. The van der Waals surface area contributed by atoms with Crippen molar-refractivity contribution in [2.75, 3.05) is 19.6 Å². The first-order valence-electron chi connectivity index (χ1n) is 3.22. The van der Waals surface area contributed by atoms with Gasteiger partial charge in [-0.3, -0.25) is 14.5 Å². The number of amides is 2. The quantitative estimate of drug-likeness (QED) is 0.439. The van der Waals surface area contributed by atoms with Crippen LogP contribution >= 0.6 is 0 Å². The Morgan fingerprint density at radius 1 is 1.40 bits per heavy atom. The molecule has 10 heavy (non-hydrogen) atoms. The van der Waals surface area contributed by atoms with Gasteiger partial charge >= 0.3 is 0 Å². The van der Waals surface area contributed by atoms with Crippen molar-refractivity contribution in [1.29, 1.82) is 0 Å². The normalized spacial score (nSPS) is 19.9. The van der Waals surface area contributed by atoms with Crippen molar-refractivity contribution in [2.24, 2.45) is 0 Å². The summed E-state index contributed by atoms with van der Waals surface area (Å²) in [6.07, 6.45) is 0. The molecule has 1 aliphatic rings. The Bertz CT molecular complexity index is 151. The van der Waals surface area contributed by atoms with Crippen LogP contribution in [0, 0.1) is 0 Å². The van der Waals surface area contributed by atoms with E-state index in [0.717, 1.165) is 0 Å². The van der Waals surface area contributed by atoms with Crippen molar-refractivity contribution in [3.05, 3.63) is 0 Å². The van der Waals surface area contributed by atoms with E-state index >= 15 is 0 Å². The summed E-state index contributed by atoms with van der Waals surface area (Å²) < 4.78 is 0. The average molecular weight is 141 g/mol. The summed E-state index contributed by atoms with van der Waals surface area (Å²) in [4.78, 5) is 22.9. The lowest BCUT2D eigenvalue weighted by molar-refractivity contribution is -0.146. The van der Waals surface area contributed by atoms with E-state index in [1.807, 2.05) is 0 Å². The third kappa shape index (κ3) is 1.16. The Hall–Kier alpha value is -0.900. The zero-order valence-corrected chi connectivity index (χ0v) is 5.83. The van der Waals surface area contributed by atoms with Crippen LogP contribution in [0.4, 0.5) is 0 Å². The third-order valence-electron chi connectivity index (χ3n) is 1.41. The minimum Gasteiger partial charge on any atom is -0.281 e. The van der Waals surface area contributed by atoms with Gasteiger partial charge in [-0.1, -0.05) is 0 Å². The van der Waals surface area contributed by atoms with Gasteiger partial charge in [-0.25, -0.2) is 5.32 Å². The first kappa shape index (κ1) is 7.21. The van der Waals surface area contributed by atoms with Gasteiger partial charge in [-0.15, -0.1) is 0 Å². The molecule has 2 amide bonds. The predicted molar refractivity (Wildman–Crippen MR) is 34.3 cm³/mol. The fourth-order valence-electron chi connectivity index (χ4n) is 0.910. The van der Waals surface area contributed by atoms with Gasteiger partial charge in [0.1, 0.15) is 0 Å². The second-order valence-corrected chi connectivity index (χ2v) is 2.07. The number of imide groups is 1. The van der Waals surface area contributed by atoms with Crippen LogP contribution in [0.25, 0.3) is 0 Å². The van der Waals surface area contributed by atoms with Gasteiger partial charge in [0.25, 0.3) is 0 Å². The molecule has 0 N–H and O–H groups in total. The van der Waals surface area contributed by atoms with E-state index in [0.29, 0.717) is 6.54 Å². The second kappa shape index (κ2) is 2.79. The van der Waals surface area contributed by atoms with Gasteiger partial charge in [0.05, 0.1) is 13.1 Å². The van der Waals surface area contributed by atoms with E-state index in [2.05, 4.69) is 5.32 Å². The van der Waals surface area contributed by atoms with Gasteiger partial charge in [0.2, 0.25) is 11.8 Å². The van der Waals surface area contributed by atoms with E-state index in [9.17, 15) is 9.59 Å². The Morgan fingerprint density at radius 2 is 1.90 bits per heavy atom. The molecule has 1 aliphatic heterocycles. The molecule has 1 radical (unpaired) electrons. The highest BCUT2D eigenvalue weighted by molar-refractivity contribution is 5.99. The molecule has 1 heterocycles. The molecular weight excluding hydrogens is 132 g/mol. The minimum atomic E-state index is -0.182. The van der Waals surface area contributed by atoms with E-state index in [4.69, 9.17) is 0 Å². The van der Waals surface area contributed by atoms with Crippen molar-refractivity contribution in [3.8, 4) is 0 Å². The largest absolute Gasteiger partial charge is 0.281 e. The smallest absolute Gasteiger partial charge is 0.244 e. The Morgan fingerprint density at radius 3 is 2.20 bits per heavy atom. The van der Waals surface area contributed by atoms with Crippen molar-refractivity contribution < 1.29 is 9.59 Å². The van der Waals surface area contributed by atoms with Gasteiger partial charge in [0, 0.05) is 6.54 Å². The molecular formula is C6H9N2O2. The van der Waals surface area contributed by atoms with Crippen molar-refractivity contribution >= 4 is 11.8 Å². The fourth-order valence-corrected chi connectivity index (χ4v) is 0.910. The standard InChI is InChI=1S/C6H9N2O2/c1-2-8-5(9)3-7-4-6(8)10/h2-4H2,1H3. The zero-order chi connectivity index (χ0) is 7.56. The maximum Gasteiger partial charge on any atom is 0.244 e. The molecule has 0 spiro atoms. The molecule has 0 aromatic rings. The molecule has 0 aromatic heterocycles. The molecule has 0 saturated carbocycles. The third-order valence-corrected chi connectivity index (χ3v) is 1.41. The number of hydrogen-bond donors (Lipinski definition) is 0. The van der Waals surface area contributed by atoms with Crippen molar-refractivity contribution in [3.63, 3.8) is 0 Å². The highest BCUT2D eigenvalue weighted by atomic mass is 16.2. The van der Waals surface area contributed by atoms with E-state index in [1.54, 1.807) is 6.92 Å². The molecule has 4 heteroatoms. The van der Waals surface area contributed by atoms with Crippen LogP contribution < -0.4 is 5.32 Å². The monoisotopic (exact) mass is 141 g/mol. The number of carbonyl (C=O) groups excluding carboxylic acids is 2. The van der Waals surface area contributed by atoms with Crippen LogP contribution in [-0.2, 0) is 9.59 Å². The zero-order valence-electron chi connectivity index (χ0n) is 5.83. The molecule has 0 bridgehead atoms. The van der Waals surface area contributed by atoms with Crippen LogP contribution in [0.1, 0.15) is 6.92 Å². The van der Waals surface area contributed by atoms with Crippen LogP contribution in [0.2, 0.25) is 0 Å². The lowest BCUT2D eigenvalue weighted by Crippen LogP contribution is -2.49. The summed E-state index contributed by atoms with van der Waals surface area (Å²) in [6, 6.07) is 0. The number of nitrogens with zero attached hydrogens (tertiary/aromatic N) is 2. The van der Waals surface area contributed by atoms with Crippen LogP contribution in [0.15, 0.2) is 0 Å². The van der Waals surface area contributed by atoms with E-state index in [1.165, 1.54) is 4.90 Å². The number of piperazine rings is 1. The van der Waals surface area contributed by atoms with Gasteiger partial charge < -0.3 is 0 Å². The summed E-state index contributed by atoms with van der Waals surface area (Å²) in [5, 5.41) is 3.70. The van der Waals surface area contributed by atoms with Crippen molar-refractivity contribution in [1.82, 2.24) is 10.2 Å². The SMILES string of the molecule is CCN1C(=O)C[N]CC1=O. The highest BCUT2D eigenvalue weighted by Gasteiger charge is 2.24. The Kier molecular flexibility index (Phi) is 2.01. The number of carbonyl (C=O) groups is 2. The molecule has 1 fully saturated rings. The summed E-state index contributed by atoms with van der Waals surface area (Å²) in [6.45, 7) is 2.58. The maximum atomic E-state index is 10.8. The topological polar surface area (TPSA) is 51.5 Å². The van der Waals surface area contributed by atoms with Crippen LogP contribution in [-0.4, -0.2) is 36.3 Å². The van der Waals surface area contributed by atoms with Gasteiger partial charge in [-0.05, 0) is 6.92 Å². The number of rotatable bonds is 1. The number of likely N-dealkylation sites (N-methyl/N-ethyl adjacent to an activating group) is 1. The molecule has 0 aliphatic carbocycles. The first-order valence-corrected chi connectivity index (χ1v) is 3.22. The molecule has 1 saturated heterocycles. The van der Waals surface area contributed by atoms with Crippen LogP contribution in [0.3, 0.4) is 0 Å². The van der Waals surface area contributed by atoms with Crippen molar-refractivity contribution in [2.45, 2.75) is 6.92 Å². The molecule has 55 valence electrons. The first-order chi connectivity index (χ1) is 4.75. The fraction of sp³-hybridized carbons (Fsp3) is 0.667. The number of hydrogen-bond acceptors (Lipinski definition) is 2. The van der Waals surface area contributed by atoms with Crippen LogP contribution in [0.5, 0.6) is 0 Å².